The molecule has 2 aromatic rings. The van der Waals surface area contributed by atoms with Crippen LogP contribution in [0.5, 0.6) is 0 Å². The third-order valence-electron chi connectivity index (χ3n) is 3.51. The number of rotatable bonds is 6. The number of urea groups is 1. The van der Waals surface area contributed by atoms with Crippen molar-refractivity contribution in [3.05, 3.63) is 59.5 Å². The fourth-order valence-corrected chi connectivity index (χ4v) is 2.29. The van der Waals surface area contributed by atoms with Crippen LogP contribution in [0.4, 0.5) is 18.0 Å². The van der Waals surface area contributed by atoms with Gasteiger partial charge in [-0.25, -0.2) is 4.79 Å². The first-order valence-corrected chi connectivity index (χ1v) is 7.81. The summed E-state index contributed by atoms with van der Waals surface area (Å²) in [6.45, 7) is 0.495. The van der Waals surface area contributed by atoms with Crippen LogP contribution in [-0.4, -0.2) is 25.5 Å². The number of halogens is 3. The summed E-state index contributed by atoms with van der Waals surface area (Å²) in [4.78, 5) is 24.2. The lowest BCUT2D eigenvalue weighted by atomic mass is 10.1. The van der Waals surface area contributed by atoms with E-state index in [0.29, 0.717) is 17.9 Å². The number of carbonyl (C=O) groups excluding carboxylic acids is 2. The Bertz CT molecular complexity index is 728. The molecule has 3 N–H and O–H groups in total. The van der Waals surface area contributed by atoms with Crippen LogP contribution in [0.15, 0.2) is 47.1 Å². The van der Waals surface area contributed by atoms with Crippen LogP contribution in [0.2, 0.25) is 0 Å². The van der Waals surface area contributed by atoms with Gasteiger partial charge in [0, 0.05) is 5.56 Å². The van der Waals surface area contributed by atoms with E-state index in [1.807, 2.05) is 0 Å². The molecule has 1 unspecified atom stereocenters. The molecule has 1 aromatic heterocycles. The number of nitrogens with one attached hydrogen (secondary N) is 3. The van der Waals surface area contributed by atoms with Crippen molar-refractivity contribution in [1.82, 2.24) is 10.6 Å². The summed E-state index contributed by atoms with van der Waals surface area (Å²) in [6.07, 6.45) is -2.90. The van der Waals surface area contributed by atoms with Crippen molar-refractivity contribution in [1.29, 1.82) is 0 Å². The molecule has 1 aromatic carbocycles. The van der Waals surface area contributed by atoms with Crippen LogP contribution in [0.3, 0.4) is 0 Å². The number of carbonyl (C=O) groups is 2. The molecule has 0 aliphatic carbocycles. The lowest BCUT2D eigenvalue weighted by Crippen LogP contribution is -3.09. The van der Waals surface area contributed by atoms with Crippen molar-refractivity contribution in [2.45, 2.75) is 19.3 Å². The number of amides is 3. The van der Waals surface area contributed by atoms with E-state index in [9.17, 15) is 22.8 Å². The molecule has 3 amide bonds. The third kappa shape index (κ3) is 6.25. The van der Waals surface area contributed by atoms with Crippen molar-refractivity contribution in [2.75, 3.05) is 13.6 Å². The molecule has 0 saturated carbocycles. The summed E-state index contributed by atoms with van der Waals surface area (Å²) >= 11 is 0. The highest BCUT2D eigenvalue weighted by Gasteiger charge is 2.30. The van der Waals surface area contributed by atoms with Gasteiger partial charge in [-0.1, -0.05) is 12.1 Å². The van der Waals surface area contributed by atoms with Gasteiger partial charge in [0.15, 0.2) is 6.54 Å². The Hall–Kier alpha value is -2.81. The summed E-state index contributed by atoms with van der Waals surface area (Å²) in [5, 5.41) is 4.67. The molecule has 1 atom stereocenters. The van der Waals surface area contributed by atoms with Crippen molar-refractivity contribution in [3.8, 4) is 0 Å². The van der Waals surface area contributed by atoms with E-state index in [1.54, 1.807) is 19.2 Å². The van der Waals surface area contributed by atoms with Crippen molar-refractivity contribution in [2.24, 2.45) is 0 Å². The van der Waals surface area contributed by atoms with Gasteiger partial charge < -0.3 is 14.6 Å². The molecule has 6 nitrogen and oxygen atoms in total. The molecular weight excluding hydrogens is 351 g/mol. The Kier molecular flexibility index (Phi) is 6.40. The second-order valence-electron chi connectivity index (χ2n) is 5.82. The largest absolute Gasteiger partial charge is 0.467 e. The molecule has 26 heavy (non-hydrogen) atoms. The topological polar surface area (TPSA) is 75.8 Å². The number of furan rings is 1. The summed E-state index contributed by atoms with van der Waals surface area (Å²) in [7, 11) is 1.71. The molecular formula is C17H19F3N3O3+. The van der Waals surface area contributed by atoms with Crippen molar-refractivity contribution < 1.29 is 32.1 Å². The fourth-order valence-electron chi connectivity index (χ4n) is 2.29. The van der Waals surface area contributed by atoms with Crippen LogP contribution < -0.4 is 15.5 Å². The number of alkyl halides is 3. The fraction of sp³-hybridized carbons (Fsp3) is 0.294. The van der Waals surface area contributed by atoms with E-state index >= 15 is 0 Å². The summed E-state index contributed by atoms with van der Waals surface area (Å²) < 4.78 is 42.6. The molecule has 9 heteroatoms. The standard InChI is InChI=1S/C17H18F3N3O3/c1-23(10-12-4-6-13(7-5-12)17(18,19)20)11-15(24)22-16(25)21-9-14-3-2-8-26-14/h2-8H,9-11H2,1H3,(H2,21,22,24,25)/p+1. The molecule has 0 aliphatic rings. The monoisotopic (exact) mass is 370 g/mol. The Morgan fingerprint density at radius 2 is 1.85 bits per heavy atom. The molecule has 0 fully saturated rings. The van der Waals surface area contributed by atoms with Crippen LogP contribution in [0.1, 0.15) is 16.9 Å². The minimum absolute atomic E-state index is 0.00477. The lowest BCUT2D eigenvalue weighted by Gasteiger charge is -2.14. The van der Waals surface area contributed by atoms with Crippen molar-refractivity contribution in [3.63, 3.8) is 0 Å². The van der Waals surface area contributed by atoms with Gasteiger partial charge in [0.1, 0.15) is 12.3 Å². The molecule has 0 radical (unpaired) electrons. The van der Waals surface area contributed by atoms with Crippen LogP contribution in [0, 0.1) is 0 Å². The highest BCUT2D eigenvalue weighted by Crippen LogP contribution is 2.28. The summed E-state index contributed by atoms with van der Waals surface area (Å²) in [6, 6.07) is 7.48. The zero-order valence-corrected chi connectivity index (χ0v) is 14.0. The number of hydrogen-bond acceptors (Lipinski definition) is 3. The number of likely N-dealkylation sites (N-methyl/N-ethyl adjacent to an activating group) is 1. The van der Waals surface area contributed by atoms with E-state index < -0.39 is 23.7 Å². The van der Waals surface area contributed by atoms with Gasteiger partial charge in [0.2, 0.25) is 0 Å². The van der Waals surface area contributed by atoms with Gasteiger partial charge in [-0.2, -0.15) is 13.2 Å². The minimum Gasteiger partial charge on any atom is -0.467 e. The average molecular weight is 370 g/mol. The Morgan fingerprint density at radius 3 is 2.42 bits per heavy atom. The van der Waals surface area contributed by atoms with E-state index in [1.165, 1.54) is 18.4 Å². The van der Waals surface area contributed by atoms with E-state index in [-0.39, 0.29) is 13.1 Å². The van der Waals surface area contributed by atoms with Gasteiger partial charge in [0.25, 0.3) is 5.91 Å². The van der Waals surface area contributed by atoms with Crippen LogP contribution in [0.25, 0.3) is 0 Å². The highest BCUT2D eigenvalue weighted by molar-refractivity contribution is 5.94. The normalized spacial score (nSPS) is 12.5. The molecule has 0 aliphatic heterocycles. The maximum atomic E-state index is 12.5. The van der Waals surface area contributed by atoms with E-state index in [0.717, 1.165) is 17.0 Å². The van der Waals surface area contributed by atoms with Gasteiger partial charge in [0.05, 0.1) is 25.4 Å². The minimum atomic E-state index is -4.37. The van der Waals surface area contributed by atoms with Gasteiger partial charge in [-0.3, -0.25) is 10.1 Å². The summed E-state index contributed by atoms with van der Waals surface area (Å²) in [5.41, 5.74) is -0.0598. The Morgan fingerprint density at radius 1 is 1.15 bits per heavy atom. The first kappa shape index (κ1) is 19.5. The smallest absolute Gasteiger partial charge is 0.416 e. The SMILES string of the molecule is C[NH+](CC(=O)NC(=O)NCc1ccco1)Cc1ccc(C(F)(F)F)cc1. The van der Waals surface area contributed by atoms with Crippen LogP contribution in [-0.2, 0) is 24.1 Å². The maximum Gasteiger partial charge on any atom is 0.416 e. The van der Waals surface area contributed by atoms with Crippen LogP contribution >= 0.6 is 0 Å². The Labute approximate surface area is 148 Å². The lowest BCUT2D eigenvalue weighted by molar-refractivity contribution is -0.885. The molecule has 0 spiro atoms. The van der Waals surface area contributed by atoms with Gasteiger partial charge in [-0.05, 0) is 24.3 Å². The highest BCUT2D eigenvalue weighted by atomic mass is 19.4. The zero-order chi connectivity index (χ0) is 19.2. The summed E-state index contributed by atoms with van der Waals surface area (Å²) in [5.74, 6) is 0.0593. The predicted molar refractivity (Wildman–Crippen MR) is 86.0 cm³/mol. The molecule has 0 bridgehead atoms. The van der Waals surface area contributed by atoms with E-state index in [4.69, 9.17) is 4.42 Å². The zero-order valence-electron chi connectivity index (χ0n) is 14.0. The second kappa shape index (κ2) is 8.52. The number of imide groups is 1. The van der Waals surface area contributed by atoms with Gasteiger partial charge >= 0.3 is 12.2 Å². The molecule has 1 heterocycles. The predicted octanol–water partition coefficient (Wildman–Crippen LogP) is 1.34. The number of hydrogen-bond donors (Lipinski definition) is 3. The first-order valence-electron chi connectivity index (χ1n) is 7.81. The van der Waals surface area contributed by atoms with E-state index in [2.05, 4.69) is 10.6 Å². The number of benzene rings is 1. The molecule has 140 valence electrons. The third-order valence-corrected chi connectivity index (χ3v) is 3.51. The number of quaternary nitrogens is 1. The Balaban J connectivity index is 1.75. The quantitative estimate of drug-likeness (QED) is 0.718. The molecule has 2 rings (SSSR count). The molecule has 0 saturated heterocycles. The van der Waals surface area contributed by atoms with Crippen molar-refractivity contribution >= 4 is 11.9 Å². The average Bonchev–Trinajstić information content (AvgIpc) is 3.05. The van der Waals surface area contributed by atoms with Gasteiger partial charge in [-0.15, -0.1) is 0 Å². The second-order valence-corrected chi connectivity index (χ2v) is 5.82. The first-order chi connectivity index (χ1) is 12.2. The maximum absolute atomic E-state index is 12.5.